The molecular weight excluding hydrogens is 483 g/mol. The van der Waals surface area contributed by atoms with Crippen LogP contribution in [0.1, 0.15) is 39.8 Å². The first-order valence-corrected chi connectivity index (χ1v) is 12.0. The predicted molar refractivity (Wildman–Crippen MR) is 138 cm³/mol. The second kappa shape index (κ2) is 11.1. The first kappa shape index (κ1) is 26.4. The van der Waals surface area contributed by atoms with Gasteiger partial charge in [-0.3, -0.25) is 19.6 Å². The number of rotatable bonds is 7. The molecule has 0 unspecified atom stereocenters. The maximum atomic E-state index is 13.9. The summed E-state index contributed by atoms with van der Waals surface area (Å²) in [6, 6.07) is 8.99. The molecule has 8 nitrogen and oxygen atoms in total. The molecule has 1 aromatic heterocycles. The van der Waals surface area contributed by atoms with Crippen molar-refractivity contribution in [3.8, 4) is 0 Å². The summed E-state index contributed by atoms with van der Waals surface area (Å²) in [5.41, 5.74) is 1.31. The van der Waals surface area contributed by atoms with Gasteiger partial charge in [-0.15, -0.1) is 0 Å². The first-order valence-electron chi connectivity index (χ1n) is 12.0. The van der Waals surface area contributed by atoms with Gasteiger partial charge in [0.2, 0.25) is 0 Å². The van der Waals surface area contributed by atoms with Crippen LogP contribution >= 0.6 is 0 Å². The molecule has 3 aromatic rings. The fraction of sp³-hybridized carbons (Fsp3) is 0.346. The summed E-state index contributed by atoms with van der Waals surface area (Å²) in [7, 11) is 1.93. The van der Waals surface area contributed by atoms with Crippen molar-refractivity contribution in [2.45, 2.75) is 26.6 Å². The first-order chi connectivity index (χ1) is 17.6. The monoisotopic (exact) mass is 513 g/mol. The van der Waals surface area contributed by atoms with Crippen LogP contribution in [0.3, 0.4) is 0 Å². The molecule has 0 aliphatic carbocycles. The average Bonchev–Trinajstić information content (AvgIpc) is 3.52. The van der Waals surface area contributed by atoms with Gasteiger partial charge in [0, 0.05) is 55.5 Å². The van der Waals surface area contributed by atoms with E-state index in [1.54, 1.807) is 30.6 Å². The van der Waals surface area contributed by atoms with E-state index in [1.165, 1.54) is 12.1 Å². The highest BCUT2D eigenvalue weighted by atomic mass is 19.4. The second-order valence-corrected chi connectivity index (χ2v) is 9.01. The van der Waals surface area contributed by atoms with Gasteiger partial charge >= 0.3 is 6.18 Å². The fourth-order valence-electron chi connectivity index (χ4n) is 4.18. The third kappa shape index (κ3) is 6.55. The van der Waals surface area contributed by atoms with E-state index in [-0.39, 0.29) is 17.8 Å². The summed E-state index contributed by atoms with van der Waals surface area (Å²) in [5.74, 6) is 0.552. The number of nitrogens with zero attached hydrogens (tertiary/aromatic N) is 4. The Kier molecular flexibility index (Phi) is 7.94. The van der Waals surface area contributed by atoms with Crippen LogP contribution in [0.25, 0.3) is 0 Å². The van der Waals surface area contributed by atoms with Crippen molar-refractivity contribution in [3.05, 3.63) is 76.9 Å². The second-order valence-electron chi connectivity index (χ2n) is 9.01. The van der Waals surface area contributed by atoms with E-state index >= 15 is 0 Å². The van der Waals surface area contributed by atoms with Crippen LogP contribution in [0, 0.1) is 6.92 Å². The highest BCUT2D eigenvalue weighted by Crippen LogP contribution is 2.35. The topological polar surface area (TPSA) is 88.7 Å². The third-order valence-corrected chi connectivity index (χ3v) is 6.10. The summed E-state index contributed by atoms with van der Waals surface area (Å²) >= 11 is 0. The quantitative estimate of drug-likeness (QED) is 0.318. The normalized spacial score (nSPS) is 15.2. The molecule has 2 heterocycles. The van der Waals surface area contributed by atoms with Crippen molar-refractivity contribution in [1.29, 1.82) is 0 Å². The average molecular weight is 514 g/mol. The van der Waals surface area contributed by atoms with Crippen molar-refractivity contribution in [2.75, 3.05) is 44.0 Å². The number of carbonyl (C=O) groups excluding carboxylic acids is 1. The number of amidine groups is 1. The Balaban J connectivity index is 1.53. The van der Waals surface area contributed by atoms with Crippen molar-refractivity contribution < 1.29 is 18.0 Å². The lowest BCUT2D eigenvalue weighted by Gasteiger charge is -2.20. The Morgan fingerprint density at radius 3 is 2.62 bits per heavy atom. The van der Waals surface area contributed by atoms with Crippen LogP contribution in [0.2, 0.25) is 0 Å². The van der Waals surface area contributed by atoms with Gasteiger partial charge < -0.3 is 15.6 Å². The maximum Gasteiger partial charge on any atom is 0.416 e. The molecule has 196 valence electrons. The molecule has 1 saturated heterocycles. The van der Waals surface area contributed by atoms with E-state index in [0.29, 0.717) is 42.7 Å². The molecule has 37 heavy (non-hydrogen) atoms. The zero-order valence-corrected chi connectivity index (χ0v) is 21.0. The van der Waals surface area contributed by atoms with Gasteiger partial charge in [-0.1, -0.05) is 12.1 Å². The van der Waals surface area contributed by atoms with Crippen LogP contribution in [0.4, 0.5) is 24.5 Å². The van der Waals surface area contributed by atoms with E-state index in [4.69, 9.17) is 0 Å². The summed E-state index contributed by atoms with van der Waals surface area (Å²) in [4.78, 5) is 28.7. The predicted octanol–water partition coefficient (Wildman–Crippen LogP) is 4.57. The molecule has 0 spiro atoms. The van der Waals surface area contributed by atoms with Crippen molar-refractivity contribution in [3.63, 3.8) is 0 Å². The number of H-pyrrole nitrogens is 1. The number of nitrogens with one attached hydrogen (secondary N) is 3. The van der Waals surface area contributed by atoms with Gasteiger partial charge in [-0.05, 0) is 56.3 Å². The molecular formula is C26H30F3N7O. The number of aryl methyl sites for hydroxylation is 1. The number of hydrogen-bond donors (Lipinski definition) is 3. The smallest absolute Gasteiger partial charge is 0.342 e. The van der Waals surface area contributed by atoms with E-state index in [1.807, 2.05) is 25.8 Å². The number of hydrogen-bond acceptors (Lipinski definition) is 5. The van der Waals surface area contributed by atoms with Gasteiger partial charge in [0.15, 0.2) is 11.7 Å². The molecule has 1 aliphatic rings. The Labute approximate surface area is 213 Å². The van der Waals surface area contributed by atoms with Crippen LogP contribution in [-0.2, 0) is 12.7 Å². The Hall–Kier alpha value is -3.70. The van der Waals surface area contributed by atoms with Crippen molar-refractivity contribution in [2.24, 2.45) is 4.99 Å². The Morgan fingerprint density at radius 1 is 1.16 bits per heavy atom. The lowest BCUT2D eigenvalue weighted by molar-refractivity contribution is -0.138. The number of halogens is 3. The zero-order valence-electron chi connectivity index (χ0n) is 21.0. The van der Waals surface area contributed by atoms with Crippen molar-refractivity contribution >= 4 is 23.1 Å². The number of aromatic nitrogens is 2. The van der Waals surface area contributed by atoms with Crippen molar-refractivity contribution in [1.82, 2.24) is 19.8 Å². The molecule has 0 bridgehead atoms. The molecule has 3 N–H and O–H groups in total. The summed E-state index contributed by atoms with van der Waals surface area (Å²) in [6.45, 7) is 6.63. The minimum absolute atomic E-state index is 0.0820. The van der Waals surface area contributed by atoms with Gasteiger partial charge in [-0.25, -0.2) is 4.98 Å². The summed E-state index contributed by atoms with van der Waals surface area (Å²) < 4.78 is 41.6. The Bertz CT molecular complexity index is 1270. The van der Waals surface area contributed by atoms with Gasteiger partial charge in [0.25, 0.3) is 5.91 Å². The molecule has 1 aliphatic heterocycles. The maximum absolute atomic E-state index is 13.9. The lowest BCUT2D eigenvalue weighted by atomic mass is 10.0. The van der Waals surface area contributed by atoms with E-state index in [9.17, 15) is 18.0 Å². The van der Waals surface area contributed by atoms with Crippen LogP contribution in [0.5, 0.6) is 0 Å². The molecule has 0 atom stereocenters. The number of benzene rings is 2. The summed E-state index contributed by atoms with van der Waals surface area (Å²) in [5, 5.41) is 5.82. The molecule has 1 amide bonds. The highest BCUT2D eigenvalue weighted by molar-refractivity contribution is 6.08. The van der Waals surface area contributed by atoms with Gasteiger partial charge in [-0.2, -0.15) is 13.2 Å². The molecule has 4 rings (SSSR count). The number of likely N-dealkylation sites (N-methyl/N-ethyl adjacent to an activating group) is 1. The van der Waals surface area contributed by atoms with E-state index < -0.39 is 17.6 Å². The van der Waals surface area contributed by atoms with Gasteiger partial charge in [0.1, 0.15) is 0 Å². The Morgan fingerprint density at radius 2 is 1.97 bits per heavy atom. The third-order valence-electron chi connectivity index (χ3n) is 6.10. The SMILES string of the molecule is CCN=C(Nc1cc(C(=O)Nc2ccc(CN3CCN(C)C3)c(C(F)(F)F)c2)ccc1C)c1ncc[nH]1. The lowest BCUT2D eigenvalue weighted by Crippen LogP contribution is -2.24. The number of alkyl halides is 3. The van der Waals surface area contributed by atoms with Crippen LogP contribution < -0.4 is 10.6 Å². The molecule has 2 aromatic carbocycles. The number of aliphatic imine (C=N–C) groups is 1. The zero-order chi connectivity index (χ0) is 26.6. The largest absolute Gasteiger partial charge is 0.416 e. The number of imidazole rings is 1. The molecule has 0 saturated carbocycles. The van der Waals surface area contributed by atoms with Gasteiger partial charge in [0.05, 0.1) is 12.2 Å². The van der Waals surface area contributed by atoms with Crippen LogP contribution in [-0.4, -0.2) is 64.9 Å². The molecule has 1 fully saturated rings. The minimum Gasteiger partial charge on any atom is -0.342 e. The molecule has 0 radical (unpaired) electrons. The molecule has 11 heteroatoms. The summed E-state index contributed by atoms with van der Waals surface area (Å²) in [6.07, 6.45) is -1.24. The number of carbonyl (C=O) groups is 1. The van der Waals surface area contributed by atoms with E-state index in [2.05, 4.69) is 30.5 Å². The standard InChI is InChI=1S/C26H30F3N7O/c1-4-30-24(23-31-9-10-32-23)34-22-13-18(6-5-17(22)2)25(37)33-20-8-7-19(21(14-20)26(27,28)29)15-36-12-11-35(3)16-36/h5-10,13-14H,4,11-12,15-16H2,1-3H3,(H,30,34)(H,31,32)(H,33,37). The number of aromatic amines is 1. The number of anilines is 2. The highest BCUT2D eigenvalue weighted by Gasteiger charge is 2.34. The van der Waals surface area contributed by atoms with E-state index in [0.717, 1.165) is 18.2 Å². The fourth-order valence-corrected chi connectivity index (χ4v) is 4.18. The van der Waals surface area contributed by atoms with Crippen LogP contribution in [0.15, 0.2) is 53.8 Å². The number of amides is 1. The minimum atomic E-state index is -4.54.